The second-order valence-electron chi connectivity index (χ2n) is 5.28. The molecule has 0 amide bonds. The van der Waals surface area contributed by atoms with Gasteiger partial charge in [-0.3, -0.25) is 9.78 Å². The molecule has 20 heavy (non-hydrogen) atoms. The minimum absolute atomic E-state index is 0.0317. The lowest BCUT2D eigenvalue weighted by molar-refractivity contribution is -0.139. The van der Waals surface area contributed by atoms with E-state index in [4.69, 9.17) is 21.2 Å². The predicted molar refractivity (Wildman–Crippen MR) is 72.3 cm³/mol. The minimum atomic E-state index is -0.853. The van der Waals surface area contributed by atoms with Crippen LogP contribution in [0.25, 0.3) is 11.5 Å². The molecule has 106 valence electrons. The Balaban J connectivity index is 2.13. The molecule has 0 bridgehead atoms. The number of pyridine rings is 1. The molecule has 0 atom stereocenters. The van der Waals surface area contributed by atoms with Gasteiger partial charge in [0.25, 0.3) is 0 Å². The van der Waals surface area contributed by atoms with Gasteiger partial charge >= 0.3 is 5.97 Å². The molecule has 0 aliphatic carbocycles. The first-order valence-electron chi connectivity index (χ1n) is 6.02. The Hall–Kier alpha value is -1.95. The van der Waals surface area contributed by atoms with Crippen molar-refractivity contribution < 1.29 is 14.4 Å². The van der Waals surface area contributed by atoms with Gasteiger partial charge in [-0.05, 0) is 17.5 Å². The summed E-state index contributed by atoms with van der Waals surface area (Å²) in [5, 5.41) is 13.2. The van der Waals surface area contributed by atoms with Gasteiger partial charge in [-0.25, -0.2) is 0 Å². The average Bonchev–Trinajstić information content (AvgIpc) is 2.75. The van der Waals surface area contributed by atoms with Crippen molar-refractivity contribution in [2.45, 2.75) is 26.7 Å². The van der Waals surface area contributed by atoms with Crippen molar-refractivity contribution in [3.05, 3.63) is 29.2 Å². The Morgan fingerprint density at radius 3 is 2.80 bits per heavy atom. The van der Waals surface area contributed by atoms with Crippen molar-refractivity contribution >= 4 is 17.6 Å². The molecule has 0 aromatic carbocycles. The summed E-state index contributed by atoms with van der Waals surface area (Å²) in [6, 6.07) is 3.38. The molecule has 0 saturated heterocycles. The summed E-state index contributed by atoms with van der Waals surface area (Å²) < 4.78 is 5.14. The normalized spacial score (nSPS) is 11.6. The van der Waals surface area contributed by atoms with Crippen LogP contribution in [-0.2, 0) is 11.2 Å². The standard InChI is InChI=1S/C13H14ClN3O3/c1-13(2,6-11(18)19)5-10-16-12(17-20-10)9-4-3-8(14)7-15-9/h3-4,7H,5-6H2,1-2H3,(H,18,19). The van der Waals surface area contributed by atoms with E-state index in [0.29, 0.717) is 28.9 Å². The van der Waals surface area contributed by atoms with Crippen molar-refractivity contribution in [3.8, 4) is 11.5 Å². The number of carboxylic acid groups (broad SMARTS) is 1. The maximum atomic E-state index is 10.8. The Bertz CT molecular complexity index is 608. The maximum Gasteiger partial charge on any atom is 0.303 e. The number of aromatic nitrogens is 3. The number of rotatable bonds is 5. The summed E-state index contributed by atoms with van der Waals surface area (Å²) in [6.45, 7) is 3.68. The third-order valence-electron chi connectivity index (χ3n) is 2.68. The van der Waals surface area contributed by atoms with Crippen LogP contribution in [0.1, 0.15) is 26.2 Å². The van der Waals surface area contributed by atoms with Crippen LogP contribution in [0.15, 0.2) is 22.9 Å². The van der Waals surface area contributed by atoms with Gasteiger partial charge in [0.15, 0.2) is 0 Å². The van der Waals surface area contributed by atoms with Crippen LogP contribution in [0, 0.1) is 5.41 Å². The van der Waals surface area contributed by atoms with Gasteiger partial charge in [0.1, 0.15) is 5.69 Å². The first kappa shape index (κ1) is 14.5. The van der Waals surface area contributed by atoms with Crippen molar-refractivity contribution in [2.75, 3.05) is 0 Å². The van der Waals surface area contributed by atoms with E-state index in [-0.39, 0.29) is 6.42 Å². The average molecular weight is 296 g/mol. The lowest BCUT2D eigenvalue weighted by atomic mass is 9.86. The molecule has 6 nitrogen and oxygen atoms in total. The van der Waals surface area contributed by atoms with Crippen LogP contribution in [0.4, 0.5) is 0 Å². The molecule has 0 aliphatic heterocycles. The van der Waals surface area contributed by atoms with Gasteiger partial charge < -0.3 is 9.63 Å². The molecule has 2 rings (SSSR count). The van der Waals surface area contributed by atoms with E-state index in [9.17, 15) is 4.79 Å². The second kappa shape index (κ2) is 5.58. The zero-order valence-electron chi connectivity index (χ0n) is 11.1. The zero-order chi connectivity index (χ0) is 14.8. The van der Waals surface area contributed by atoms with E-state index in [1.54, 1.807) is 12.1 Å². The second-order valence-corrected chi connectivity index (χ2v) is 5.72. The molecular weight excluding hydrogens is 282 g/mol. The largest absolute Gasteiger partial charge is 0.481 e. The van der Waals surface area contributed by atoms with Crippen LogP contribution in [-0.4, -0.2) is 26.2 Å². The lowest BCUT2D eigenvalue weighted by Crippen LogP contribution is -2.19. The fourth-order valence-corrected chi connectivity index (χ4v) is 1.93. The molecule has 0 fully saturated rings. The Morgan fingerprint density at radius 2 is 2.20 bits per heavy atom. The highest BCUT2D eigenvalue weighted by Crippen LogP contribution is 2.26. The first-order chi connectivity index (χ1) is 9.35. The Morgan fingerprint density at radius 1 is 1.45 bits per heavy atom. The van der Waals surface area contributed by atoms with E-state index in [2.05, 4.69) is 15.1 Å². The molecule has 0 spiro atoms. The number of hydrogen-bond acceptors (Lipinski definition) is 5. The summed E-state index contributed by atoms with van der Waals surface area (Å²) in [4.78, 5) is 19.1. The van der Waals surface area contributed by atoms with Crippen molar-refractivity contribution in [2.24, 2.45) is 5.41 Å². The van der Waals surface area contributed by atoms with Gasteiger partial charge in [-0.1, -0.05) is 30.6 Å². The van der Waals surface area contributed by atoms with Gasteiger partial charge in [0.2, 0.25) is 11.7 Å². The summed E-state index contributed by atoms with van der Waals surface area (Å²) >= 11 is 5.76. The highest BCUT2D eigenvalue weighted by Gasteiger charge is 2.25. The molecule has 0 aliphatic rings. The number of aliphatic carboxylic acids is 1. The fourth-order valence-electron chi connectivity index (χ4n) is 1.82. The lowest BCUT2D eigenvalue weighted by Gasteiger charge is -2.19. The topological polar surface area (TPSA) is 89.1 Å². The summed E-state index contributed by atoms with van der Waals surface area (Å²) in [6.07, 6.45) is 1.92. The highest BCUT2D eigenvalue weighted by molar-refractivity contribution is 6.30. The van der Waals surface area contributed by atoms with Gasteiger partial charge in [-0.15, -0.1) is 0 Å². The molecule has 2 aromatic heterocycles. The predicted octanol–water partition coefficient (Wildman–Crippen LogP) is 2.83. The number of carbonyl (C=O) groups is 1. The molecule has 2 heterocycles. The third kappa shape index (κ3) is 3.77. The van der Waals surface area contributed by atoms with Gasteiger partial charge in [0.05, 0.1) is 11.4 Å². The molecule has 2 aromatic rings. The van der Waals surface area contributed by atoms with E-state index in [1.807, 2.05) is 13.8 Å². The van der Waals surface area contributed by atoms with E-state index in [1.165, 1.54) is 6.20 Å². The number of hydrogen-bond donors (Lipinski definition) is 1. The smallest absolute Gasteiger partial charge is 0.303 e. The molecule has 7 heteroatoms. The van der Waals surface area contributed by atoms with Crippen LogP contribution < -0.4 is 0 Å². The first-order valence-corrected chi connectivity index (χ1v) is 6.40. The Labute approximate surface area is 120 Å². The quantitative estimate of drug-likeness (QED) is 0.912. The highest BCUT2D eigenvalue weighted by atomic mass is 35.5. The monoisotopic (exact) mass is 295 g/mol. The minimum Gasteiger partial charge on any atom is -0.481 e. The Kier molecular flexibility index (Phi) is 4.04. The van der Waals surface area contributed by atoms with Crippen LogP contribution in [0.2, 0.25) is 5.02 Å². The number of nitrogens with zero attached hydrogens (tertiary/aromatic N) is 3. The van der Waals surface area contributed by atoms with Gasteiger partial charge in [0, 0.05) is 12.6 Å². The number of carboxylic acids is 1. The molecule has 0 saturated carbocycles. The summed E-state index contributed by atoms with van der Waals surface area (Å²) in [5.74, 6) is -0.0973. The molecular formula is C13H14ClN3O3. The van der Waals surface area contributed by atoms with Crippen molar-refractivity contribution in [1.29, 1.82) is 0 Å². The third-order valence-corrected chi connectivity index (χ3v) is 2.91. The summed E-state index contributed by atoms with van der Waals surface area (Å²) in [7, 11) is 0. The van der Waals surface area contributed by atoms with Crippen LogP contribution >= 0.6 is 11.6 Å². The van der Waals surface area contributed by atoms with Crippen molar-refractivity contribution in [1.82, 2.24) is 15.1 Å². The fraction of sp³-hybridized carbons (Fsp3) is 0.385. The molecule has 0 radical (unpaired) electrons. The van der Waals surface area contributed by atoms with E-state index >= 15 is 0 Å². The molecule has 0 unspecified atom stereocenters. The SMILES string of the molecule is CC(C)(CC(=O)O)Cc1nc(-c2ccc(Cl)cn2)no1. The van der Waals surface area contributed by atoms with E-state index in [0.717, 1.165) is 0 Å². The van der Waals surface area contributed by atoms with Gasteiger partial charge in [-0.2, -0.15) is 4.98 Å². The zero-order valence-corrected chi connectivity index (χ0v) is 11.9. The van der Waals surface area contributed by atoms with Crippen LogP contribution in [0.5, 0.6) is 0 Å². The number of halogens is 1. The van der Waals surface area contributed by atoms with Crippen LogP contribution in [0.3, 0.4) is 0 Å². The molecule has 1 N–H and O–H groups in total. The summed E-state index contributed by atoms with van der Waals surface area (Å²) in [5.41, 5.74) is 0.101. The maximum absolute atomic E-state index is 10.8. The van der Waals surface area contributed by atoms with E-state index < -0.39 is 11.4 Å². The van der Waals surface area contributed by atoms with Crippen molar-refractivity contribution in [3.63, 3.8) is 0 Å².